The molecule has 0 aliphatic carbocycles. The summed E-state index contributed by atoms with van der Waals surface area (Å²) in [6.07, 6.45) is 11.1. The third kappa shape index (κ3) is 3.09. The first-order valence-electron chi connectivity index (χ1n) is 4.88. The molecule has 0 saturated carbocycles. The van der Waals surface area contributed by atoms with E-state index in [1.165, 1.54) is 0 Å². The molecule has 0 spiro atoms. The molecule has 0 atom stereocenters. The first kappa shape index (κ1) is 10.6. The minimum Gasteiger partial charge on any atom is -0.252 e. The first-order valence-corrected chi connectivity index (χ1v) is 4.88. The number of hydrogen-bond acceptors (Lipinski definition) is 2. The molecule has 1 rings (SSSR count). The molecule has 0 aromatic carbocycles. The molecule has 0 saturated heterocycles. The predicted molar refractivity (Wildman–Crippen MR) is 62.2 cm³/mol. The van der Waals surface area contributed by atoms with Crippen molar-refractivity contribution in [2.45, 2.75) is 26.7 Å². The zero-order chi connectivity index (χ0) is 10.2. The highest BCUT2D eigenvalue weighted by Gasteiger charge is 2.04. The zero-order valence-electron chi connectivity index (χ0n) is 8.64. The second-order valence-electron chi connectivity index (χ2n) is 2.80. The fourth-order valence-corrected chi connectivity index (χ4v) is 1.01. The number of nitrogens with zero attached hydrogens (tertiary/aromatic N) is 3. The second kappa shape index (κ2) is 6.02. The van der Waals surface area contributed by atoms with Gasteiger partial charge in [-0.15, -0.1) is 0 Å². The second-order valence-corrected chi connectivity index (χ2v) is 2.80. The number of hydrogen-bond donors (Lipinski definition) is 0. The summed E-state index contributed by atoms with van der Waals surface area (Å²) < 4.78 is 0. The Balaban J connectivity index is 2.80. The minimum absolute atomic E-state index is 0.694. The lowest BCUT2D eigenvalue weighted by Gasteiger charge is -2.02. The highest BCUT2D eigenvalue weighted by Crippen LogP contribution is 2.06. The van der Waals surface area contributed by atoms with Gasteiger partial charge in [-0.3, -0.25) is 4.99 Å². The van der Waals surface area contributed by atoms with Gasteiger partial charge in [0.1, 0.15) is 5.70 Å². The van der Waals surface area contributed by atoms with Crippen LogP contribution in [0.5, 0.6) is 0 Å². The van der Waals surface area contributed by atoms with Gasteiger partial charge in [0.25, 0.3) is 0 Å². The summed E-state index contributed by atoms with van der Waals surface area (Å²) in [6.45, 7) is 4.14. The number of amidine groups is 1. The Labute approximate surface area is 84.7 Å². The van der Waals surface area contributed by atoms with Crippen molar-refractivity contribution in [1.82, 2.24) is 0 Å². The molecule has 3 nitrogen and oxygen atoms in total. The molecule has 0 N–H and O–H groups in total. The Morgan fingerprint density at radius 1 is 1.21 bits per heavy atom. The lowest BCUT2D eigenvalue weighted by molar-refractivity contribution is 1.18. The number of rotatable bonds is 3. The van der Waals surface area contributed by atoms with Crippen molar-refractivity contribution in [1.29, 1.82) is 0 Å². The van der Waals surface area contributed by atoms with Gasteiger partial charge >= 0.3 is 0 Å². The van der Waals surface area contributed by atoms with Gasteiger partial charge < -0.3 is 0 Å². The van der Waals surface area contributed by atoms with E-state index in [4.69, 9.17) is 0 Å². The maximum atomic E-state index is 4.23. The fraction of sp³-hybridized carbons (Fsp3) is 0.364. The largest absolute Gasteiger partial charge is 0.252 e. The molecular formula is C11H15N3. The van der Waals surface area contributed by atoms with Crippen molar-refractivity contribution in [3.05, 3.63) is 24.0 Å². The quantitative estimate of drug-likeness (QED) is 0.654. The Kier molecular flexibility index (Phi) is 4.55. The summed E-state index contributed by atoms with van der Waals surface area (Å²) in [5, 5.41) is 0. The average Bonchev–Trinajstić information content (AvgIpc) is 2.21. The molecule has 0 bridgehead atoms. The van der Waals surface area contributed by atoms with Crippen LogP contribution in [0.3, 0.4) is 0 Å². The summed E-state index contributed by atoms with van der Waals surface area (Å²) in [4.78, 5) is 12.6. The van der Waals surface area contributed by atoms with Gasteiger partial charge in [0.2, 0.25) is 0 Å². The van der Waals surface area contributed by atoms with Crippen LogP contribution >= 0.6 is 0 Å². The maximum absolute atomic E-state index is 4.23. The van der Waals surface area contributed by atoms with Crippen LogP contribution in [0.25, 0.3) is 0 Å². The van der Waals surface area contributed by atoms with Crippen molar-refractivity contribution >= 4 is 18.3 Å². The molecule has 1 aliphatic heterocycles. The van der Waals surface area contributed by atoms with Crippen molar-refractivity contribution < 1.29 is 0 Å². The number of aliphatic imine (C=N–C) groups is 3. The molecule has 14 heavy (non-hydrogen) atoms. The lowest BCUT2D eigenvalue weighted by atomic mass is 10.3. The van der Waals surface area contributed by atoms with Crippen LogP contribution in [0.2, 0.25) is 0 Å². The van der Waals surface area contributed by atoms with Crippen LogP contribution in [-0.4, -0.2) is 18.3 Å². The van der Waals surface area contributed by atoms with Gasteiger partial charge in [0, 0.05) is 18.6 Å². The average molecular weight is 189 g/mol. The van der Waals surface area contributed by atoms with Gasteiger partial charge in [-0.2, -0.15) is 0 Å². The standard InChI is InChI=1S/C11H15N3/c1-3-5-7-13-11-10(6-4-2)12-8-9-14-11/h5-9H,3-4H2,1-2H3/b7-5-,10-6+,13-11+. The van der Waals surface area contributed by atoms with E-state index in [2.05, 4.69) is 28.8 Å². The molecule has 0 unspecified atom stereocenters. The molecule has 0 aromatic rings. The van der Waals surface area contributed by atoms with E-state index < -0.39 is 0 Å². The first-order chi connectivity index (χ1) is 6.88. The van der Waals surface area contributed by atoms with Gasteiger partial charge in [-0.1, -0.05) is 26.0 Å². The normalized spacial score (nSPS) is 21.6. The third-order valence-corrected chi connectivity index (χ3v) is 1.64. The van der Waals surface area contributed by atoms with Crippen molar-refractivity contribution in [3.63, 3.8) is 0 Å². The van der Waals surface area contributed by atoms with E-state index in [0.717, 1.165) is 18.5 Å². The van der Waals surface area contributed by atoms with Gasteiger partial charge in [0.15, 0.2) is 5.84 Å². The molecule has 0 radical (unpaired) electrons. The van der Waals surface area contributed by atoms with Crippen LogP contribution in [0.15, 0.2) is 39.0 Å². The monoisotopic (exact) mass is 189 g/mol. The molecular weight excluding hydrogens is 174 g/mol. The molecule has 74 valence electrons. The summed E-state index contributed by atoms with van der Waals surface area (Å²) in [5.41, 5.74) is 0.857. The van der Waals surface area contributed by atoms with Gasteiger partial charge in [-0.05, 0) is 12.8 Å². The van der Waals surface area contributed by atoms with E-state index in [9.17, 15) is 0 Å². The van der Waals surface area contributed by atoms with E-state index in [1.54, 1.807) is 18.6 Å². The molecule has 0 amide bonds. The smallest absolute Gasteiger partial charge is 0.177 e. The summed E-state index contributed by atoms with van der Waals surface area (Å²) in [5.74, 6) is 0.694. The maximum Gasteiger partial charge on any atom is 0.177 e. The fourth-order valence-electron chi connectivity index (χ4n) is 1.01. The molecule has 1 aliphatic rings. The Hall–Kier alpha value is -1.51. The lowest BCUT2D eigenvalue weighted by Crippen LogP contribution is -2.03. The van der Waals surface area contributed by atoms with E-state index in [1.807, 2.05) is 12.2 Å². The Morgan fingerprint density at radius 3 is 2.71 bits per heavy atom. The predicted octanol–water partition coefficient (Wildman–Crippen LogP) is 2.76. The van der Waals surface area contributed by atoms with Crippen molar-refractivity contribution in [2.75, 3.05) is 0 Å². The van der Waals surface area contributed by atoms with Crippen LogP contribution in [0, 0.1) is 0 Å². The van der Waals surface area contributed by atoms with Crippen molar-refractivity contribution in [3.8, 4) is 0 Å². The summed E-state index contributed by atoms with van der Waals surface area (Å²) >= 11 is 0. The van der Waals surface area contributed by atoms with E-state index >= 15 is 0 Å². The van der Waals surface area contributed by atoms with Gasteiger partial charge in [0.05, 0.1) is 0 Å². The Bertz CT molecular complexity index is 319. The van der Waals surface area contributed by atoms with Crippen LogP contribution in [-0.2, 0) is 0 Å². The molecule has 3 heteroatoms. The zero-order valence-corrected chi connectivity index (χ0v) is 8.64. The van der Waals surface area contributed by atoms with Gasteiger partial charge in [-0.25, -0.2) is 9.98 Å². The summed E-state index contributed by atoms with van der Waals surface area (Å²) in [7, 11) is 0. The molecule has 0 fully saturated rings. The van der Waals surface area contributed by atoms with Crippen LogP contribution in [0.1, 0.15) is 26.7 Å². The molecule has 0 aromatic heterocycles. The topological polar surface area (TPSA) is 37.1 Å². The van der Waals surface area contributed by atoms with E-state index in [0.29, 0.717) is 5.84 Å². The summed E-state index contributed by atoms with van der Waals surface area (Å²) in [6, 6.07) is 0. The Morgan fingerprint density at radius 2 is 2.00 bits per heavy atom. The van der Waals surface area contributed by atoms with Crippen LogP contribution < -0.4 is 0 Å². The highest BCUT2D eigenvalue weighted by atomic mass is 15.0. The minimum atomic E-state index is 0.694. The van der Waals surface area contributed by atoms with E-state index in [-0.39, 0.29) is 0 Å². The number of allylic oxidation sites excluding steroid dienone is 2. The van der Waals surface area contributed by atoms with Crippen molar-refractivity contribution in [2.24, 2.45) is 15.0 Å². The molecule has 1 heterocycles. The third-order valence-electron chi connectivity index (χ3n) is 1.64. The SMILES string of the molecule is CC\C=C/N=C1/N=CC=N/C1=C/CC. The highest BCUT2D eigenvalue weighted by molar-refractivity contribution is 6.24. The van der Waals surface area contributed by atoms with Crippen LogP contribution in [0.4, 0.5) is 0 Å².